The van der Waals surface area contributed by atoms with Gasteiger partial charge in [0.1, 0.15) is 29.6 Å². The predicted molar refractivity (Wildman–Crippen MR) is 155 cm³/mol. The molecule has 0 aliphatic carbocycles. The first-order chi connectivity index (χ1) is 19.5. The highest BCUT2D eigenvalue weighted by atomic mass is 35.5. The molecule has 40 heavy (non-hydrogen) atoms. The standard InChI is InChI=1S/C32H26Cl2N2O4/c33-29(25-14-8-3-9-15-25)35-27-30(34)36(31(27)37)28(32(38)40-21-23-12-6-2-7-13-23)24-16-18-26(19-17-24)39-20-22-10-4-1-5-11-22/h1-19,27-28,30H,20-21H2/t27-,28?,30-/m1/s1. The summed E-state index contributed by atoms with van der Waals surface area (Å²) in [5.41, 5.74) is 2.18. The molecule has 0 N–H and O–H groups in total. The summed E-state index contributed by atoms with van der Waals surface area (Å²) in [5, 5.41) is 0.173. The number of amides is 1. The van der Waals surface area contributed by atoms with E-state index in [1.165, 1.54) is 4.90 Å². The lowest BCUT2D eigenvalue weighted by Crippen LogP contribution is -2.63. The zero-order chi connectivity index (χ0) is 27.9. The van der Waals surface area contributed by atoms with E-state index < -0.39 is 29.5 Å². The van der Waals surface area contributed by atoms with Crippen LogP contribution in [0.4, 0.5) is 0 Å². The third-order valence-corrected chi connectivity index (χ3v) is 7.23. The van der Waals surface area contributed by atoms with Crippen molar-refractivity contribution in [3.05, 3.63) is 138 Å². The molecular formula is C32H26Cl2N2O4. The van der Waals surface area contributed by atoms with Crippen LogP contribution < -0.4 is 4.74 Å². The number of esters is 1. The lowest BCUT2D eigenvalue weighted by atomic mass is 9.98. The van der Waals surface area contributed by atoms with Gasteiger partial charge in [-0.1, -0.05) is 126 Å². The van der Waals surface area contributed by atoms with E-state index in [4.69, 9.17) is 32.7 Å². The Labute approximate surface area is 242 Å². The molecule has 0 radical (unpaired) electrons. The molecular weight excluding hydrogens is 547 g/mol. The third-order valence-electron chi connectivity index (χ3n) is 6.47. The van der Waals surface area contributed by atoms with Gasteiger partial charge < -0.3 is 14.4 Å². The van der Waals surface area contributed by atoms with Crippen LogP contribution in [0.5, 0.6) is 5.75 Å². The van der Waals surface area contributed by atoms with Crippen molar-refractivity contribution in [2.45, 2.75) is 30.8 Å². The van der Waals surface area contributed by atoms with E-state index >= 15 is 0 Å². The second-order valence-electron chi connectivity index (χ2n) is 9.19. The SMILES string of the molecule is O=C(OCc1ccccc1)C(c1ccc(OCc2ccccc2)cc1)N1C(=O)[C@H](N=C(Cl)c2ccccc2)[C@@H]1Cl. The number of carbonyl (C=O) groups is 2. The van der Waals surface area contributed by atoms with E-state index in [-0.39, 0.29) is 11.8 Å². The third kappa shape index (κ3) is 6.36. The van der Waals surface area contributed by atoms with Crippen LogP contribution in [0, 0.1) is 0 Å². The van der Waals surface area contributed by atoms with Crippen LogP contribution in [0.3, 0.4) is 0 Å². The molecule has 4 aromatic carbocycles. The monoisotopic (exact) mass is 572 g/mol. The van der Waals surface area contributed by atoms with Crippen molar-refractivity contribution in [1.29, 1.82) is 0 Å². The van der Waals surface area contributed by atoms with E-state index in [0.717, 1.165) is 11.1 Å². The predicted octanol–water partition coefficient (Wildman–Crippen LogP) is 6.51. The molecule has 1 unspecified atom stereocenters. The first-order valence-electron chi connectivity index (χ1n) is 12.7. The molecule has 3 atom stereocenters. The normalized spacial score (nSPS) is 17.6. The van der Waals surface area contributed by atoms with Gasteiger partial charge in [-0.15, -0.1) is 0 Å². The van der Waals surface area contributed by atoms with Gasteiger partial charge in [-0.25, -0.2) is 4.79 Å². The van der Waals surface area contributed by atoms with Gasteiger partial charge in [-0.3, -0.25) is 9.79 Å². The average Bonchev–Trinajstić information content (AvgIpc) is 3.01. The van der Waals surface area contributed by atoms with Gasteiger partial charge in [0.2, 0.25) is 0 Å². The number of rotatable bonds is 10. The van der Waals surface area contributed by atoms with Crippen LogP contribution >= 0.6 is 23.2 Å². The largest absolute Gasteiger partial charge is 0.489 e. The fourth-order valence-corrected chi connectivity index (χ4v) is 4.93. The second kappa shape index (κ2) is 12.8. The van der Waals surface area contributed by atoms with Gasteiger partial charge in [0.15, 0.2) is 12.1 Å². The summed E-state index contributed by atoms with van der Waals surface area (Å²) in [4.78, 5) is 32.4. The van der Waals surface area contributed by atoms with Gasteiger partial charge in [-0.05, 0) is 28.8 Å². The highest BCUT2D eigenvalue weighted by Crippen LogP contribution is 2.38. The summed E-state index contributed by atoms with van der Waals surface area (Å²) in [5.74, 6) is -0.393. The minimum absolute atomic E-state index is 0.0604. The Bertz CT molecular complexity index is 1470. The van der Waals surface area contributed by atoms with Crippen molar-refractivity contribution in [1.82, 2.24) is 4.90 Å². The Hall–Kier alpha value is -4.13. The summed E-state index contributed by atoms with van der Waals surface area (Å²) in [6.07, 6.45) is 0. The Kier molecular flexibility index (Phi) is 8.79. The highest BCUT2D eigenvalue weighted by molar-refractivity contribution is 6.69. The van der Waals surface area contributed by atoms with Crippen LogP contribution in [0.2, 0.25) is 0 Å². The number of benzene rings is 4. The van der Waals surface area contributed by atoms with Gasteiger partial charge >= 0.3 is 5.97 Å². The summed E-state index contributed by atoms with van der Waals surface area (Å²) < 4.78 is 11.5. The van der Waals surface area contributed by atoms with Crippen LogP contribution in [-0.2, 0) is 27.5 Å². The summed E-state index contributed by atoms with van der Waals surface area (Å²) in [6, 6.07) is 33.2. The molecule has 0 aromatic heterocycles. The minimum atomic E-state index is -1.07. The maximum atomic E-state index is 13.4. The average molecular weight is 573 g/mol. The molecule has 1 amide bonds. The van der Waals surface area contributed by atoms with Crippen molar-refractivity contribution in [2.75, 3.05) is 0 Å². The molecule has 1 aliphatic heterocycles. The number of hydrogen-bond donors (Lipinski definition) is 0. The van der Waals surface area contributed by atoms with Gasteiger partial charge in [0, 0.05) is 5.56 Å². The fraction of sp³-hybridized carbons (Fsp3) is 0.156. The van der Waals surface area contributed by atoms with Crippen molar-refractivity contribution < 1.29 is 19.1 Å². The fourth-order valence-electron chi connectivity index (χ4n) is 4.33. The smallest absolute Gasteiger partial charge is 0.333 e. The number of ether oxygens (including phenoxy) is 2. The van der Waals surface area contributed by atoms with E-state index in [2.05, 4.69) is 4.99 Å². The number of halogens is 2. The molecule has 0 bridgehead atoms. The zero-order valence-electron chi connectivity index (χ0n) is 21.4. The molecule has 1 aliphatic rings. The Morgan fingerprint density at radius 2 is 1.35 bits per heavy atom. The van der Waals surface area contributed by atoms with Crippen molar-refractivity contribution in [2.24, 2.45) is 4.99 Å². The molecule has 202 valence electrons. The molecule has 1 saturated heterocycles. The molecule has 6 nitrogen and oxygen atoms in total. The highest BCUT2D eigenvalue weighted by Gasteiger charge is 2.52. The van der Waals surface area contributed by atoms with Crippen LogP contribution in [-0.4, -0.2) is 33.5 Å². The molecule has 4 aromatic rings. The lowest BCUT2D eigenvalue weighted by Gasteiger charge is -2.45. The molecule has 1 heterocycles. The number of β-lactam (4-membered cyclic amide) rings is 1. The Balaban J connectivity index is 1.35. The minimum Gasteiger partial charge on any atom is -0.489 e. The first-order valence-corrected chi connectivity index (χ1v) is 13.5. The van der Waals surface area contributed by atoms with E-state index in [1.54, 1.807) is 36.4 Å². The molecule has 8 heteroatoms. The topological polar surface area (TPSA) is 68.2 Å². The number of aliphatic imine (C=N–C) groups is 1. The number of hydrogen-bond acceptors (Lipinski definition) is 5. The maximum Gasteiger partial charge on any atom is 0.333 e. The van der Waals surface area contributed by atoms with Crippen molar-refractivity contribution in [3.8, 4) is 5.75 Å². The number of carbonyl (C=O) groups excluding carboxylic acids is 2. The molecule has 1 fully saturated rings. The molecule has 5 rings (SSSR count). The lowest BCUT2D eigenvalue weighted by molar-refractivity contribution is -0.164. The van der Waals surface area contributed by atoms with Crippen molar-refractivity contribution in [3.63, 3.8) is 0 Å². The number of likely N-dealkylation sites (tertiary alicyclic amines) is 1. The van der Waals surface area contributed by atoms with E-state index in [9.17, 15) is 9.59 Å². The maximum absolute atomic E-state index is 13.4. The summed E-state index contributed by atoms with van der Waals surface area (Å²) in [7, 11) is 0. The first kappa shape index (κ1) is 27.4. The van der Waals surface area contributed by atoms with Gasteiger partial charge in [0.25, 0.3) is 5.91 Å². The van der Waals surface area contributed by atoms with Gasteiger partial charge in [0.05, 0.1) is 0 Å². The number of alkyl halides is 1. The van der Waals surface area contributed by atoms with Crippen LogP contribution in [0.25, 0.3) is 0 Å². The number of nitrogens with zero attached hydrogens (tertiary/aromatic N) is 2. The Morgan fingerprint density at radius 3 is 1.93 bits per heavy atom. The zero-order valence-corrected chi connectivity index (χ0v) is 22.9. The molecule has 0 saturated carbocycles. The summed E-state index contributed by atoms with van der Waals surface area (Å²) >= 11 is 13.0. The Morgan fingerprint density at radius 1 is 0.800 bits per heavy atom. The van der Waals surface area contributed by atoms with Crippen molar-refractivity contribution >= 4 is 40.2 Å². The summed E-state index contributed by atoms with van der Waals surface area (Å²) in [6.45, 7) is 0.462. The van der Waals surface area contributed by atoms with Gasteiger partial charge in [-0.2, -0.15) is 0 Å². The van der Waals surface area contributed by atoms with Crippen LogP contribution in [0.1, 0.15) is 28.3 Å². The quantitative estimate of drug-likeness (QED) is 0.0713. The second-order valence-corrected chi connectivity index (χ2v) is 9.99. The van der Waals surface area contributed by atoms with E-state index in [1.807, 2.05) is 78.9 Å². The van der Waals surface area contributed by atoms with Crippen LogP contribution in [0.15, 0.2) is 120 Å². The molecule has 0 spiro atoms. The van der Waals surface area contributed by atoms with E-state index in [0.29, 0.717) is 23.5 Å².